The Morgan fingerprint density at radius 2 is 1.64 bits per heavy atom. The van der Waals surface area contributed by atoms with Gasteiger partial charge in [0.25, 0.3) is 0 Å². The fraction of sp³-hybridized carbons (Fsp3) is 0.773. The molecule has 3 fully saturated rings. The van der Waals surface area contributed by atoms with E-state index in [1.807, 2.05) is 0 Å². The topological polar surface area (TPSA) is 214 Å². The highest BCUT2D eigenvalue weighted by molar-refractivity contribution is 5.83. The summed E-state index contributed by atoms with van der Waals surface area (Å²) in [5, 5.41) is 46.6. The fourth-order valence-corrected chi connectivity index (χ4v) is 8.58. The van der Waals surface area contributed by atoms with Gasteiger partial charge in [0.15, 0.2) is 11.9 Å². The largest absolute Gasteiger partial charge is 0.466 e. The number of aliphatic hydroxyl groups excluding tert-OH is 2. The highest BCUT2D eigenvalue weighted by Gasteiger charge is 2.59. The maximum Gasteiger partial charge on any atom is 0.330 e. The van der Waals surface area contributed by atoms with Crippen molar-refractivity contribution in [3.05, 3.63) is 36.0 Å². The van der Waals surface area contributed by atoms with Gasteiger partial charge in [-0.25, -0.2) is 4.79 Å². The molecule has 0 amide bonds. The van der Waals surface area contributed by atoms with Crippen LogP contribution in [0.3, 0.4) is 0 Å². The number of esters is 4. The van der Waals surface area contributed by atoms with Gasteiger partial charge in [0, 0.05) is 50.5 Å². The van der Waals surface area contributed by atoms with Crippen molar-refractivity contribution in [1.82, 2.24) is 0 Å². The second-order valence-electron chi connectivity index (χ2n) is 17.9. The molecular weight excluding hydrogens is 768 g/mol. The van der Waals surface area contributed by atoms with Gasteiger partial charge in [-0.1, -0.05) is 84.6 Å². The number of hydrogen-bond acceptors (Lipinski definition) is 15. The predicted octanol–water partition coefficient (Wildman–Crippen LogP) is 4.80. The van der Waals surface area contributed by atoms with Gasteiger partial charge >= 0.3 is 23.9 Å². The summed E-state index contributed by atoms with van der Waals surface area (Å²) < 4.78 is 41.6. The summed E-state index contributed by atoms with van der Waals surface area (Å²) >= 11 is 0. The quantitative estimate of drug-likeness (QED) is 0.0765. The summed E-state index contributed by atoms with van der Waals surface area (Å²) in [6.45, 7) is 13.8. The number of rotatable bonds is 10. The average molecular weight is 837 g/mol. The van der Waals surface area contributed by atoms with E-state index >= 15 is 0 Å². The van der Waals surface area contributed by atoms with Gasteiger partial charge in [0.1, 0.15) is 12.2 Å². The molecule has 3 saturated heterocycles. The lowest BCUT2D eigenvalue weighted by Gasteiger charge is -2.53. The van der Waals surface area contributed by atoms with Crippen LogP contribution in [-0.4, -0.2) is 118 Å². The van der Waals surface area contributed by atoms with E-state index in [1.165, 1.54) is 14.0 Å². The standard InChI is InChI=1S/C44H68O15/c1-9-10-11-12-13-14-37(48)57-40-29(20-38(49)53-8)19-32-23-35(26-45)56-39(50)22-30(47)21-33-24-36(54-28(3)46)42(6,7)43(51,58-33)25-34-18-27(2)17-31(55-34)15-16-41(4,5)44(40,52)59-32/h15-16,20,30-36,40,45,47,51-52H,2,9-14,17-19,21-26H2,1,3-8H3/b16-15+,29-20+/t30-,31+,32+,33-,34+,35-,36+,40+,43+,44-/m1/s1. The molecule has 0 radical (unpaired) electrons. The van der Waals surface area contributed by atoms with Gasteiger partial charge in [-0.05, 0) is 31.3 Å². The Balaban J connectivity index is 1.77. The molecule has 15 nitrogen and oxygen atoms in total. The molecule has 4 N–H and O–H groups in total. The molecule has 10 atom stereocenters. The molecule has 59 heavy (non-hydrogen) atoms. The molecule has 4 rings (SSSR count). The van der Waals surface area contributed by atoms with Crippen LogP contribution >= 0.6 is 0 Å². The first-order valence-corrected chi connectivity index (χ1v) is 21.1. The third-order valence-corrected chi connectivity index (χ3v) is 12.2. The number of aliphatic hydroxyl groups is 4. The van der Waals surface area contributed by atoms with Crippen LogP contribution in [0.25, 0.3) is 0 Å². The van der Waals surface area contributed by atoms with Crippen molar-refractivity contribution >= 4 is 23.9 Å². The SMILES string of the molecule is C=C1C[C@H]2C[C@]3(O)O[C@H](C[C@@H](O)CC(=O)O[C@@H](CO)C[C@@H]4C/C(=C\C(=O)OC)[C@H](OC(=O)CCCCCCC)[C@@](O)(O4)C(C)(C)/C=C/[C@@H](C1)O2)C[C@H](OC(C)=O)C3(C)C. The van der Waals surface area contributed by atoms with Crippen LogP contribution in [0.1, 0.15) is 131 Å². The second-order valence-corrected chi connectivity index (χ2v) is 17.9. The Bertz CT molecular complexity index is 1550. The minimum Gasteiger partial charge on any atom is -0.466 e. The van der Waals surface area contributed by atoms with Crippen molar-refractivity contribution in [2.75, 3.05) is 13.7 Å². The monoisotopic (exact) mass is 836 g/mol. The molecule has 4 aliphatic rings. The molecule has 0 spiro atoms. The van der Waals surface area contributed by atoms with E-state index in [4.69, 9.17) is 33.2 Å². The molecule has 0 unspecified atom stereocenters. The Morgan fingerprint density at radius 3 is 2.31 bits per heavy atom. The lowest BCUT2D eigenvalue weighted by atomic mass is 9.70. The van der Waals surface area contributed by atoms with Crippen LogP contribution in [0.2, 0.25) is 0 Å². The van der Waals surface area contributed by atoms with Crippen LogP contribution < -0.4 is 0 Å². The maximum atomic E-state index is 13.4. The molecular formula is C44H68O15. The van der Waals surface area contributed by atoms with Gasteiger partial charge < -0.3 is 53.6 Å². The summed E-state index contributed by atoms with van der Waals surface area (Å²) in [7, 11) is 1.20. The fourth-order valence-electron chi connectivity index (χ4n) is 8.58. The number of carbonyl (C=O) groups excluding carboxylic acids is 4. The summed E-state index contributed by atoms with van der Waals surface area (Å²) in [5.41, 5.74) is -1.49. The minimum absolute atomic E-state index is 0.0582. The van der Waals surface area contributed by atoms with E-state index in [0.29, 0.717) is 19.3 Å². The van der Waals surface area contributed by atoms with Gasteiger partial charge in [0.2, 0.25) is 5.79 Å². The summed E-state index contributed by atoms with van der Waals surface area (Å²) in [6.07, 6.45) is 1.30. The van der Waals surface area contributed by atoms with Crippen LogP contribution in [0, 0.1) is 10.8 Å². The van der Waals surface area contributed by atoms with E-state index in [2.05, 4.69) is 13.5 Å². The third kappa shape index (κ3) is 12.5. The van der Waals surface area contributed by atoms with E-state index in [1.54, 1.807) is 39.8 Å². The summed E-state index contributed by atoms with van der Waals surface area (Å²) in [4.78, 5) is 51.7. The van der Waals surface area contributed by atoms with Crippen LogP contribution in [-0.2, 0) is 52.3 Å². The van der Waals surface area contributed by atoms with Crippen LogP contribution in [0.5, 0.6) is 0 Å². The van der Waals surface area contributed by atoms with E-state index in [9.17, 15) is 39.6 Å². The summed E-state index contributed by atoms with van der Waals surface area (Å²) in [6, 6.07) is 0. The zero-order chi connectivity index (χ0) is 43.8. The second kappa shape index (κ2) is 20.6. The zero-order valence-corrected chi connectivity index (χ0v) is 35.9. The van der Waals surface area contributed by atoms with Crippen molar-refractivity contribution < 1.29 is 72.8 Å². The molecule has 4 aliphatic heterocycles. The number of ether oxygens (including phenoxy) is 7. The summed E-state index contributed by atoms with van der Waals surface area (Å²) in [5.74, 6) is -7.00. The first-order chi connectivity index (χ1) is 27.6. The molecule has 0 aromatic rings. The van der Waals surface area contributed by atoms with Gasteiger partial charge in [0.05, 0.1) is 56.1 Å². The smallest absolute Gasteiger partial charge is 0.330 e. The molecule has 4 heterocycles. The zero-order valence-electron chi connectivity index (χ0n) is 35.9. The first-order valence-electron chi connectivity index (χ1n) is 21.1. The first kappa shape index (κ1) is 48.5. The van der Waals surface area contributed by atoms with E-state index < -0.39 is 108 Å². The maximum absolute atomic E-state index is 13.4. The lowest BCUT2D eigenvalue weighted by molar-refractivity contribution is -0.348. The number of fused-ring (bicyclic) bond motifs is 6. The van der Waals surface area contributed by atoms with E-state index in [0.717, 1.165) is 37.3 Å². The number of carbonyl (C=O) groups is 4. The normalized spacial score (nSPS) is 36.4. The van der Waals surface area contributed by atoms with Crippen molar-refractivity contribution in [2.24, 2.45) is 10.8 Å². The Morgan fingerprint density at radius 1 is 0.932 bits per heavy atom. The molecule has 15 heteroatoms. The minimum atomic E-state index is -2.33. The molecule has 6 bridgehead atoms. The van der Waals surface area contributed by atoms with Gasteiger partial charge in [-0.15, -0.1) is 0 Å². The van der Waals surface area contributed by atoms with Crippen LogP contribution in [0.4, 0.5) is 0 Å². The molecule has 0 aromatic heterocycles. The molecule has 334 valence electrons. The van der Waals surface area contributed by atoms with Gasteiger partial charge in [-0.2, -0.15) is 0 Å². The number of methoxy groups -OCH3 is 1. The van der Waals surface area contributed by atoms with E-state index in [-0.39, 0.29) is 44.1 Å². The van der Waals surface area contributed by atoms with Gasteiger partial charge in [-0.3, -0.25) is 14.4 Å². The Kier molecular flexibility index (Phi) is 16.9. The Hall–Kier alpha value is -3.18. The third-order valence-electron chi connectivity index (χ3n) is 12.2. The van der Waals surface area contributed by atoms with Crippen molar-refractivity contribution in [3.8, 4) is 0 Å². The van der Waals surface area contributed by atoms with Crippen LogP contribution in [0.15, 0.2) is 36.0 Å². The average Bonchev–Trinajstić information content (AvgIpc) is 3.13. The van der Waals surface area contributed by atoms with Crippen molar-refractivity contribution in [1.29, 1.82) is 0 Å². The number of hydrogen-bond donors (Lipinski definition) is 4. The number of unbranched alkanes of at least 4 members (excludes halogenated alkanes) is 4. The van der Waals surface area contributed by atoms with Crippen molar-refractivity contribution in [2.45, 2.75) is 192 Å². The predicted molar refractivity (Wildman–Crippen MR) is 213 cm³/mol. The molecule has 0 saturated carbocycles. The Labute approximate surface area is 348 Å². The molecule has 0 aliphatic carbocycles. The highest BCUT2D eigenvalue weighted by atomic mass is 16.7. The molecule has 0 aromatic carbocycles. The lowest BCUT2D eigenvalue weighted by Crippen LogP contribution is -2.62. The van der Waals surface area contributed by atoms with Crippen molar-refractivity contribution in [3.63, 3.8) is 0 Å². The number of cyclic esters (lactones) is 1. The highest BCUT2D eigenvalue weighted by Crippen LogP contribution is 2.50.